The quantitative estimate of drug-likeness (QED) is 0.507. The molecule has 0 spiro atoms. The second kappa shape index (κ2) is 7.71. The zero-order valence-corrected chi connectivity index (χ0v) is 14.3. The minimum Gasteiger partial charge on any atom is -0.496 e. The van der Waals surface area contributed by atoms with Gasteiger partial charge in [-0.05, 0) is 36.4 Å². The third-order valence-electron chi connectivity index (χ3n) is 3.88. The van der Waals surface area contributed by atoms with Crippen LogP contribution < -0.4 is 10.1 Å². The number of aliphatic hydroxyl groups is 1. The van der Waals surface area contributed by atoms with E-state index in [4.69, 9.17) is 14.3 Å². The minimum absolute atomic E-state index is 0.0849. The number of ether oxygens (including phenoxy) is 1. The molecule has 0 atom stereocenters. The normalized spacial score (nSPS) is 10.4. The summed E-state index contributed by atoms with van der Waals surface area (Å²) in [5, 5.41) is 22.5. The van der Waals surface area contributed by atoms with Gasteiger partial charge < -0.3 is 19.6 Å². The van der Waals surface area contributed by atoms with Crippen LogP contribution in [0.4, 0.5) is 11.4 Å². The number of hydrogen-bond donors (Lipinski definition) is 2. The number of nitrogens with one attached hydrogen (secondary N) is 1. The maximum absolute atomic E-state index is 12.3. The molecule has 27 heavy (non-hydrogen) atoms. The Hall–Kier alpha value is -3.65. The van der Waals surface area contributed by atoms with Gasteiger partial charge in [0.25, 0.3) is 11.6 Å². The van der Waals surface area contributed by atoms with Crippen molar-refractivity contribution >= 4 is 17.3 Å². The van der Waals surface area contributed by atoms with Crippen molar-refractivity contribution in [2.75, 3.05) is 12.4 Å². The molecule has 2 N–H and O–H groups in total. The van der Waals surface area contributed by atoms with Crippen molar-refractivity contribution in [3.63, 3.8) is 0 Å². The fourth-order valence-electron chi connectivity index (χ4n) is 2.52. The number of non-ortho nitro benzene ring substituents is 1. The van der Waals surface area contributed by atoms with Gasteiger partial charge in [0.2, 0.25) is 0 Å². The van der Waals surface area contributed by atoms with Crippen LogP contribution in [0.1, 0.15) is 16.1 Å². The van der Waals surface area contributed by atoms with E-state index in [0.717, 1.165) is 0 Å². The maximum Gasteiger partial charge on any atom is 0.269 e. The zero-order chi connectivity index (χ0) is 19.4. The summed E-state index contributed by atoms with van der Waals surface area (Å²) in [4.78, 5) is 22.5. The first kappa shape index (κ1) is 18.2. The largest absolute Gasteiger partial charge is 0.496 e. The Kier molecular flexibility index (Phi) is 5.18. The van der Waals surface area contributed by atoms with Crippen LogP contribution in [0.5, 0.6) is 5.75 Å². The Bertz CT molecular complexity index is 978. The van der Waals surface area contributed by atoms with Crippen LogP contribution in [0.15, 0.2) is 59.0 Å². The lowest BCUT2D eigenvalue weighted by molar-refractivity contribution is -0.384. The van der Waals surface area contributed by atoms with Crippen LogP contribution in [0.25, 0.3) is 11.3 Å². The van der Waals surface area contributed by atoms with Crippen LogP contribution in [0, 0.1) is 10.1 Å². The molecular weight excluding hydrogens is 352 g/mol. The number of rotatable bonds is 6. The van der Waals surface area contributed by atoms with Crippen molar-refractivity contribution in [2.45, 2.75) is 6.61 Å². The Morgan fingerprint density at radius 2 is 1.93 bits per heavy atom. The van der Waals surface area contributed by atoms with Crippen LogP contribution >= 0.6 is 0 Å². The van der Waals surface area contributed by atoms with Gasteiger partial charge in [0, 0.05) is 29.4 Å². The van der Waals surface area contributed by atoms with Crippen molar-refractivity contribution < 1.29 is 24.0 Å². The number of nitro groups is 1. The van der Waals surface area contributed by atoms with Gasteiger partial charge >= 0.3 is 0 Å². The van der Waals surface area contributed by atoms with Gasteiger partial charge in [-0.1, -0.05) is 0 Å². The summed E-state index contributed by atoms with van der Waals surface area (Å²) in [7, 11) is 1.50. The number of benzene rings is 2. The summed E-state index contributed by atoms with van der Waals surface area (Å²) in [6, 6.07) is 13.8. The summed E-state index contributed by atoms with van der Waals surface area (Å²) in [5.41, 5.74) is 1.37. The molecule has 1 amide bonds. The van der Waals surface area contributed by atoms with Crippen LogP contribution in [-0.4, -0.2) is 23.0 Å². The number of carbonyl (C=O) groups excluding carboxylic acids is 1. The van der Waals surface area contributed by atoms with Gasteiger partial charge in [-0.3, -0.25) is 14.9 Å². The van der Waals surface area contributed by atoms with E-state index in [1.807, 2.05) is 0 Å². The second-order valence-electron chi connectivity index (χ2n) is 5.60. The summed E-state index contributed by atoms with van der Waals surface area (Å²) >= 11 is 0. The Morgan fingerprint density at radius 1 is 1.19 bits per heavy atom. The fourth-order valence-corrected chi connectivity index (χ4v) is 2.52. The van der Waals surface area contributed by atoms with Gasteiger partial charge in [-0.2, -0.15) is 0 Å². The van der Waals surface area contributed by atoms with Crippen molar-refractivity contribution in [2.24, 2.45) is 0 Å². The molecule has 0 saturated carbocycles. The molecule has 0 aliphatic heterocycles. The molecule has 3 aromatic rings. The molecule has 2 aromatic carbocycles. The maximum atomic E-state index is 12.3. The van der Waals surface area contributed by atoms with E-state index in [0.29, 0.717) is 34.1 Å². The van der Waals surface area contributed by atoms with Gasteiger partial charge in [0.15, 0.2) is 0 Å². The SMILES string of the molecule is COc1cc(NC(=O)c2ccc([N+](=O)[O-])cc2)ccc1-c1ccc(CO)o1. The average molecular weight is 368 g/mol. The van der Waals surface area contributed by atoms with Crippen molar-refractivity contribution in [3.8, 4) is 17.1 Å². The van der Waals surface area contributed by atoms with Crippen LogP contribution in [0.3, 0.4) is 0 Å². The highest BCUT2D eigenvalue weighted by Crippen LogP contribution is 2.33. The van der Waals surface area contributed by atoms with E-state index in [1.165, 1.54) is 31.4 Å². The number of nitrogens with zero attached hydrogens (tertiary/aromatic N) is 1. The van der Waals surface area contributed by atoms with Gasteiger partial charge in [-0.25, -0.2) is 0 Å². The van der Waals surface area contributed by atoms with E-state index < -0.39 is 10.8 Å². The van der Waals surface area contributed by atoms with E-state index in [9.17, 15) is 14.9 Å². The van der Waals surface area contributed by atoms with Crippen LogP contribution in [-0.2, 0) is 6.61 Å². The van der Waals surface area contributed by atoms with Gasteiger partial charge in [0.05, 0.1) is 17.6 Å². The highest BCUT2D eigenvalue weighted by molar-refractivity contribution is 6.04. The summed E-state index contributed by atoms with van der Waals surface area (Å²) in [6.45, 7) is -0.203. The Balaban J connectivity index is 1.80. The molecule has 0 unspecified atom stereocenters. The molecule has 0 aliphatic rings. The number of aliphatic hydroxyl groups excluding tert-OH is 1. The number of nitro benzene ring substituents is 1. The first-order chi connectivity index (χ1) is 13.0. The minimum atomic E-state index is -0.526. The number of hydrogen-bond acceptors (Lipinski definition) is 6. The number of carbonyl (C=O) groups is 1. The third-order valence-corrected chi connectivity index (χ3v) is 3.88. The topological polar surface area (TPSA) is 115 Å². The lowest BCUT2D eigenvalue weighted by Crippen LogP contribution is -2.11. The van der Waals surface area contributed by atoms with Gasteiger partial charge in [0.1, 0.15) is 23.9 Å². The summed E-state index contributed by atoms with van der Waals surface area (Å²) in [6.07, 6.45) is 0. The second-order valence-corrected chi connectivity index (χ2v) is 5.60. The molecule has 0 saturated heterocycles. The van der Waals surface area contributed by atoms with E-state index in [2.05, 4.69) is 5.32 Å². The van der Waals surface area contributed by atoms with Crippen molar-refractivity contribution in [1.82, 2.24) is 0 Å². The summed E-state index contributed by atoms with van der Waals surface area (Å²) < 4.78 is 10.9. The fraction of sp³-hybridized carbons (Fsp3) is 0.105. The molecule has 1 heterocycles. The predicted octanol–water partition coefficient (Wildman–Crippen LogP) is 3.61. The smallest absolute Gasteiger partial charge is 0.269 e. The van der Waals surface area contributed by atoms with Crippen molar-refractivity contribution in [1.29, 1.82) is 0 Å². The Morgan fingerprint density at radius 3 is 2.52 bits per heavy atom. The molecule has 138 valence electrons. The number of furan rings is 1. The first-order valence-corrected chi connectivity index (χ1v) is 7.95. The zero-order valence-electron chi connectivity index (χ0n) is 14.3. The third kappa shape index (κ3) is 3.96. The number of amides is 1. The molecule has 0 radical (unpaired) electrons. The molecule has 3 rings (SSSR count). The molecule has 8 nitrogen and oxygen atoms in total. The average Bonchev–Trinajstić information content (AvgIpc) is 3.17. The molecule has 0 fully saturated rings. The number of methoxy groups -OCH3 is 1. The first-order valence-electron chi connectivity index (χ1n) is 7.95. The molecule has 0 bridgehead atoms. The van der Waals surface area contributed by atoms with Crippen LogP contribution in [0.2, 0.25) is 0 Å². The van der Waals surface area contributed by atoms with E-state index in [1.54, 1.807) is 30.3 Å². The monoisotopic (exact) mass is 368 g/mol. The standard InChI is InChI=1S/C19H16N2O6/c1-26-18-10-13(4-8-16(18)17-9-7-15(11-22)27-17)20-19(23)12-2-5-14(6-3-12)21(24)25/h2-10,22H,11H2,1H3,(H,20,23). The van der Waals surface area contributed by atoms with Crippen molar-refractivity contribution in [3.05, 3.63) is 76.0 Å². The lowest BCUT2D eigenvalue weighted by atomic mass is 10.1. The van der Waals surface area contributed by atoms with E-state index in [-0.39, 0.29) is 12.3 Å². The molecule has 1 aromatic heterocycles. The number of anilines is 1. The molecule has 8 heteroatoms. The summed E-state index contributed by atoms with van der Waals surface area (Å²) in [5.74, 6) is 1.04. The Labute approximate surface area is 154 Å². The van der Waals surface area contributed by atoms with Gasteiger partial charge in [-0.15, -0.1) is 0 Å². The predicted molar refractivity (Wildman–Crippen MR) is 97.7 cm³/mol. The molecular formula is C19H16N2O6. The highest BCUT2D eigenvalue weighted by Gasteiger charge is 2.14. The lowest BCUT2D eigenvalue weighted by Gasteiger charge is -2.10. The molecule has 0 aliphatic carbocycles. The van der Waals surface area contributed by atoms with E-state index >= 15 is 0 Å². The highest BCUT2D eigenvalue weighted by atomic mass is 16.6.